The fourth-order valence-corrected chi connectivity index (χ4v) is 4.58. The molecular formula is C30H62O2. The van der Waals surface area contributed by atoms with Gasteiger partial charge in [-0.05, 0) is 19.3 Å². The topological polar surface area (TPSA) is 29.5 Å². The maximum absolute atomic E-state index is 9.95. The van der Waals surface area contributed by atoms with Gasteiger partial charge in [0.1, 0.15) is 0 Å². The first-order valence-electron chi connectivity index (χ1n) is 15.1. The highest BCUT2D eigenvalue weighted by Gasteiger charge is 2.03. The van der Waals surface area contributed by atoms with E-state index < -0.39 is 6.29 Å². The second-order valence-corrected chi connectivity index (χ2v) is 10.2. The van der Waals surface area contributed by atoms with Gasteiger partial charge in [-0.25, -0.2) is 0 Å². The van der Waals surface area contributed by atoms with Crippen molar-refractivity contribution in [1.29, 1.82) is 0 Å². The first-order chi connectivity index (χ1) is 15.8. The van der Waals surface area contributed by atoms with E-state index in [1.165, 1.54) is 148 Å². The van der Waals surface area contributed by atoms with Crippen LogP contribution >= 0.6 is 0 Å². The summed E-state index contributed by atoms with van der Waals surface area (Å²) in [5.41, 5.74) is 0. The van der Waals surface area contributed by atoms with Gasteiger partial charge in [-0.2, -0.15) is 0 Å². The third-order valence-electron chi connectivity index (χ3n) is 6.86. The largest absolute Gasteiger partial charge is 0.368 e. The van der Waals surface area contributed by atoms with Crippen LogP contribution in [0.2, 0.25) is 0 Å². The van der Waals surface area contributed by atoms with Crippen LogP contribution in [0, 0.1) is 0 Å². The van der Waals surface area contributed by atoms with Crippen LogP contribution in [0.1, 0.15) is 181 Å². The molecule has 0 bridgehead atoms. The molecule has 0 rings (SSSR count). The van der Waals surface area contributed by atoms with Crippen molar-refractivity contribution in [1.82, 2.24) is 0 Å². The molecule has 0 amide bonds. The monoisotopic (exact) mass is 454 g/mol. The van der Waals surface area contributed by atoms with Crippen LogP contribution in [0.15, 0.2) is 0 Å². The zero-order valence-electron chi connectivity index (χ0n) is 22.5. The Balaban J connectivity index is 3.11. The molecule has 0 aliphatic heterocycles. The SMILES string of the molecule is CCCCCCCCCCCCCCCCCCOC(O)CCCCCCCCCCC. The number of aliphatic hydroxyl groups excluding tert-OH is 1. The van der Waals surface area contributed by atoms with Crippen molar-refractivity contribution in [2.24, 2.45) is 0 Å². The fourth-order valence-electron chi connectivity index (χ4n) is 4.58. The first kappa shape index (κ1) is 31.9. The van der Waals surface area contributed by atoms with E-state index in [0.717, 1.165) is 25.9 Å². The Morgan fingerprint density at radius 2 is 0.688 bits per heavy atom. The summed E-state index contributed by atoms with van der Waals surface area (Å²) in [6.07, 6.45) is 34.5. The van der Waals surface area contributed by atoms with Gasteiger partial charge < -0.3 is 9.84 Å². The lowest BCUT2D eigenvalue weighted by atomic mass is 10.0. The summed E-state index contributed by atoms with van der Waals surface area (Å²) in [6, 6.07) is 0. The van der Waals surface area contributed by atoms with Crippen LogP contribution in [0.25, 0.3) is 0 Å². The predicted molar refractivity (Wildman–Crippen MR) is 143 cm³/mol. The molecule has 0 fully saturated rings. The highest BCUT2D eigenvalue weighted by molar-refractivity contribution is 4.51. The molecule has 2 heteroatoms. The van der Waals surface area contributed by atoms with Crippen LogP contribution in [-0.4, -0.2) is 18.0 Å². The molecule has 1 N–H and O–H groups in total. The molecule has 0 aliphatic rings. The molecule has 1 atom stereocenters. The van der Waals surface area contributed by atoms with Gasteiger partial charge in [0.05, 0.1) is 0 Å². The van der Waals surface area contributed by atoms with Crippen LogP contribution < -0.4 is 0 Å². The molecule has 0 aliphatic carbocycles. The Bertz CT molecular complexity index is 318. The number of hydrogen-bond donors (Lipinski definition) is 1. The molecule has 32 heavy (non-hydrogen) atoms. The molecule has 194 valence electrons. The summed E-state index contributed by atoms with van der Waals surface area (Å²) < 4.78 is 5.59. The quantitative estimate of drug-likeness (QED) is 0.0940. The molecule has 0 spiro atoms. The summed E-state index contributed by atoms with van der Waals surface area (Å²) in [5.74, 6) is 0. The van der Waals surface area contributed by atoms with E-state index in [1.807, 2.05) is 0 Å². The average Bonchev–Trinajstić information content (AvgIpc) is 2.80. The molecule has 2 nitrogen and oxygen atoms in total. The van der Waals surface area contributed by atoms with Gasteiger partial charge in [0.15, 0.2) is 6.29 Å². The minimum atomic E-state index is -0.532. The smallest absolute Gasteiger partial charge is 0.154 e. The van der Waals surface area contributed by atoms with E-state index in [-0.39, 0.29) is 0 Å². The maximum atomic E-state index is 9.95. The lowest BCUT2D eigenvalue weighted by molar-refractivity contribution is -0.105. The maximum Gasteiger partial charge on any atom is 0.154 e. The number of rotatable bonds is 28. The summed E-state index contributed by atoms with van der Waals surface area (Å²) in [4.78, 5) is 0. The zero-order chi connectivity index (χ0) is 23.4. The lowest BCUT2D eigenvalue weighted by Gasteiger charge is -2.12. The molecule has 0 saturated heterocycles. The average molecular weight is 455 g/mol. The number of ether oxygens (including phenoxy) is 1. The molecule has 0 aromatic rings. The van der Waals surface area contributed by atoms with E-state index in [0.29, 0.717) is 0 Å². The van der Waals surface area contributed by atoms with Crippen molar-refractivity contribution in [3.05, 3.63) is 0 Å². The molecule has 1 unspecified atom stereocenters. The summed E-state index contributed by atoms with van der Waals surface area (Å²) >= 11 is 0. The van der Waals surface area contributed by atoms with Crippen LogP contribution in [0.3, 0.4) is 0 Å². The third kappa shape index (κ3) is 28.0. The van der Waals surface area contributed by atoms with Gasteiger partial charge in [-0.3, -0.25) is 0 Å². The zero-order valence-corrected chi connectivity index (χ0v) is 22.5. The van der Waals surface area contributed by atoms with Gasteiger partial charge >= 0.3 is 0 Å². The fraction of sp³-hybridized carbons (Fsp3) is 1.00. The van der Waals surface area contributed by atoms with E-state index in [9.17, 15) is 5.11 Å². The van der Waals surface area contributed by atoms with Crippen molar-refractivity contribution in [2.75, 3.05) is 6.61 Å². The molecule has 0 radical (unpaired) electrons. The van der Waals surface area contributed by atoms with E-state index in [2.05, 4.69) is 13.8 Å². The number of unbranched alkanes of at least 4 members (excludes halogenated alkanes) is 23. The van der Waals surface area contributed by atoms with Crippen LogP contribution in [-0.2, 0) is 4.74 Å². The standard InChI is InChI=1S/C30H62O2/c1-3-5-7-9-11-13-14-15-16-17-18-19-21-23-25-27-29-32-30(31)28-26-24-22-20-12-10-8-6-4-2/h30-31H,3-29H2,1-2H3. The predicted octanol–water partition coefficient (Wildman–Crippen LogP) is 10.5. The van der Waals surface area contributed by atoms with E-state index >= 15 is 0 Å². The lowest BCUT2D eigenvalue weighted by Crippen LogP contribution is -2.12. The van der Waals surface area contributed by atoms with Crippen molar-refractivity contribution in [3.8, 4) is 0 Å². The second-order valence-electron chi connectivity index (χ2n) is 10.2. The highest BCUT2D eigenvalue weighted by atomic mass is 16.6. The van der Waals surface area contributed by atoms with Gasteiger partial charge in [0.25, 0.3) is 0 Å². The summed E-state index contributed by atoms with van der Waals surface area (Å²) in [5, 5.41) is 9.95. The molecule has 0 aromatic heterocycles. The highest BCUT2D eigenvalue weighted by Crippen LogP contribution is 2.14. The van der Waals surface area contributed by atoms with Gasteiger partial charge in [-0.15, -0.1) is 0 Å². The van der Waals surface area contributed by atoms with Crippen molar-refractivity contribution in [3.63, 3.8) is 0 Å². The van der Waals surface area contributed by atoms with Gasteiger partial charge in [-0.1, -0.05) is 162 Å². The molecular weight excluding hydrogens is 392 g/mol. The Hall–Kier alpha value is -0.0800. The van der Waals surface area contributed by atoms with Crippen LogP contribution in [0.5, 0.6) is 0 Å². The van der Waals surface area contributed by atoms with Gasteiger partial charge in [0, 0.05) is 6.61 Å². The van der Waals surface area contributed by atoms with Gasteiger partial charge in [0.2, 0.25) is 0 Å². The molecule has 0 heterocycles. The molecule has 0 aromatic carbocycles. The minimum absolute atomic E-state index is 0.532. The minimum Gasteiger partial charge on any atom is -0.368 e. The van der Waals surface area contributed by atoms with Crippen LogP contribution in [0.4, 0.5) is 0 Å². The van der Waals surface area contributed by atoms with Crippen molar-refractivity contribution < 1.29 is 9.84 Å². The Morgan fingerprint density at radius 3 is 1.03 bits per heavy atom. The summed E-state index contributed by atoms with van der Waals surface area (Å²) in [7, 11) is 0. The Morgan fingerprint density at radius 1 is 0.406 bits per heavy atom. The van der Waals surface area contributed by atoms with E-state index in [1.54, 1.807) is 0 Å². The third-order valence-corrected chi connectivity index (χ3v) is 6.86. The second kappa shape index (κ2) is 29.0. The number of hydrogen-bond acceptors (Lipinski definition) is 2. The summed E-state index contributed by atoms with van der Waals surface area (Å²) in [6.45, 7) is 5.30. The Kier molecular flexibility index (Phi) is 28.9. The first-order valence-corrected chi connectivity index (χ1v) is 15.1. The van der Waals surface area contributed by atoms with Crippen molar-refractivity contribution >= 4 is 0 Å². The van der Waals surface area contributed by atoms with E-state index in [4.69, 9.17) is 4.74 Å². The normalized spacial score (nSPS) is 12.5. The van der Waals surface area contributed by atoms with Crippen molar-refractivity contribution in [2.45, 2.75) is 187 Å². The Labute approximate surface area is 203 Å². The molecule has 0 saturated carbocycles. The number of aliphatic hydroxyl groups is 1.